The van der Waals surface area contributed by atoms with E-state index in [2.05, 4.69) is 57.0 Å². The molecule has 0 amide bonds. The number of aldehydes is 1. The topological polar surface area (TPSA) is 43.4 Å². The van der Waals surface area contributed by atoms with Gasteiger partial charge in [-0.1, -0.05) is 80.3 Å². The van der Waals surface area contributed by atoms with Crippen molar-refractivity contribution in [3.05, 3.63) is 94.5 Å². The number of rotatable bonds is 8. The lowest BCUT2D eigenvalue weighted by Crippen LogP contribution is -2.59. The van der Waals surface area contributed by atoms with Gasteiger partial charge in [-0.15, -0.1) is 0 Å². The second-order valence-electron chi connectivity index (χ2n) is 11.2. The van der Waals surface area contributed by atoms with E-state index in [0.29, 0.717) is 12.0 Å². The van der Waals surface area contributed by atoms with Crippen LogP contribution in [0.1, 0.15) is 39.5 Å². The molecule has 1 aliphatic carbocycles. The van der Waals surface area contributed by atoms with E-state index >= 15 is 0 Å². The molecule has 0 aromatic heterocycles. The first-order valence-corrected chi connectivity index (χ1v) is 19.3. The van der Waals surface area contributed by atoms with Gasteiger partial charge in [0.15, 0.2) is 19.9 Å². The smallest absolute Gasteiger partial charge is 0.193 e. The summed E-state index contributed by atoms with van der Waals surface area (Å²) in [6.07, 6.45) is 2.35. The molecule has 0 bridgehead atoms. The van der Waals surface area contributed by atoms with Crippen molar-refractivity contribution in [2.45, 2.75) is 58.1 Å². The Kier molecular flexibility index (Phi) is 6.40. The molecule has 34 heavy (non-hydrogen) atoms. The van der Waals surface area contributed by atoms with Crippen LogP contribution in [0.15, 0.2) is 66.7 Å². The first kappa shape index (κ1) is 24.5. The van der Waals surface area contributed by atoms with Crippen LogP contribution >= 0.6 is 0 Å². The number of carbonyl (C=O) groups is 2. The zero-order valence-corrected chi connectivity index (χ0v) is 23.1. The summed E-state index contributed by atoms with van der Waals surface area (Å²) < 4.78 is 6.60. The summed E-state index contributed by atoms with van der Waals surface area (Å²) in [4.78, 5) is 25.1. The Morgan fingerprint density at radius 1 is 0.882 bits per heavy atom. The van der Waals surface area contributed by atoms with Crippen LogP contribution in [0.25, 0.3) is 11.1 Å². The van der Waals surface area contributed by atoms with Gasteiger partial charge in [0.2, 0.25) is 0 Å². The summed E-state index contributed by atoms with van der Waals surface area (Å²) in [5, 5.41) is 0. The van der Waals surface area contributed by atoms with Crippen LogP contribution < -0.4 is 0 Å². The summed E-state index contributed by atoms with van der Waals surface area (Å²) >= 11 is 0. The highest BCUT2D eigenvalue weighted by molar-refractivity contribution is 7.37. The SMILES string of the molecule is CC(C=O)(Cc1ccc2c(c1)Cc1cc(C(=O)c3ccccc3)ccc1-2)O[Si](C)(C)[Si](C)(C)C. The molecule has 4 rings (SSSR count). The molecule has 0 spiro atoms. The zero-order chi connectivity index (χ0) is 24.7. The minimum atomic E-state index is -1.96. The van der Waals surface area contributed by atoms with Crippen molar-refractivity contribution >= 4 is 27.5 Å². The molecule has 3 nitrogen and oxygen atoms in total. The van der Waals surface area contributed by atoms with E-state index in [1.165, 1.54) is 22.3 Å². The molecular weight excluding hydrogens is 452 g/mol. The first-order chi connectivity index (χ1) is 15.9. The van der Waals surface area contributed by atoms with E-state index in [1.54, 1.807) is 0 Å². The maximum atomic E-state index is 12.9. The third-order valence-corrected chi connectivity index (χ3v) is 23.1. The second kappa shape index (κ2) is 8.88. The van der Waals surface area contributed by atoms with E-state index in [9.17, 15) is 9.59 Å². The first-order valence-electron chi connectivity index (χ1n) is 11.9. The van der Waals surface area contributed by atoms with Gasteiger partial charge in [-0.25, -0.2) is 0 Å². The average molecular weight is 487 g/mol. The largest absolute Gasteiger partial charge is 0.408 e. The Morgan fingerprint density at radius 2 is 1.50 bits per heavy atom. The molecule has 176 valence electrons. The van der Waals surface area contributed by atoms with Gasteiger partial charge in [0.25, 0.3) is 0 Å². The molecule has 0 saturated heterocycles. The minimum Gasteiger partial charge on any atom is -0.408 e. The quantitative estimate of drug-likeness (QED) is 0.159. The van der Waals surface area contributed by atoms with E-state index < -0.39 is 21.0 Å². The number of carbonyl (C=O) groups excluding carboxylic acids is 2. The van der Waals surface area contributed by atoms with Gasteiger partial charge in [-0.05, 0) is 60.3 Å². The molecule has 0 N–H and O–H groups in total. The lowest BCUT2D eigenvalue weighted by Gasteiger charge is -2.41. The predicted molar refractivity (Wildman–Crippen MR) is 145 cm³/mol. The Labute approximate surface area is 205 Å². The maximum Gasteiger partial charge on any atom is 0.193 e. The number of fused-ring (bicyclic) bond motifs is 3. The Morgan fingerprint density at radius 3 is 2.12 bits per heavy atom. The zero-order valence-electron chi connectivity index (χ0n) is 21.1. The standard InChI is InChI=1S/C29H34O3Si2/c1-29(20-30,32-34(5,6)33(2,3)4)19-21-12-14-26-24(16-21)18-25-17-23(13-15-27(25)26)28(31)22-10-8-7-9-11-22/h7-17,20H,18-19H2,1-6H3. The van der Waals surface area contributed by atoms with Crippen molar-refractivity contribution < 1.29 is 14.0 Å². The Balaban J connectivity index is 1.56. The summed E-state index contributed by atoms with van der Waals surface area (Å²) in [7, 11) is -3.45. The highest BCUT2D eigenvalue weighted by atomic mass is 29.3. The van der Waals surface area contributed by atoms with Gasteiger partial charge >= 0.3 is 0 Å². The molecule has 3 aromatic carbocycles. The molecule has 0 aliphatic heterocycles. The second-order valence-corrected chi connectivity index (χ2v) is 27.0. The third-order valence-electron chi connectivity index (χ3n) is 7.34. The van der Waals surface area contributed by atoms with Crippen molar-refractivity contribution in [3.8, 4) is 11.1 Å². The fourth-order valence-corrected chi connectivity index (χ4v) is 7.72. The summed E-state index contributed by atoms with van der Waals surface area (Å²) in [5.74, 6) is 0.0492. The fraction of sp³-hybridized carbons (Fsp3) is 0.310. The lowest BCUT2D eigenvalue weighted by molar-refractivity contribution is -0.120. The van der Waals surface area contributed by atoms with Gasteiger partial charge in [-0.2, -0.15) is 0 Å². The van der Waals surface area contributed by atoms with Crippen LogP contribution in [-0.4, -0.2) is 33.1 Å². The Bertz CT molecular complexity index is 1240. The fourth-order valence-electron chi connectivity index (χ4n) is 4.51. The van der Waals surface area contributed by atoms with Crippen LogP contribution in [-0.2, 0) is 22.1 Å². The molecule has 0 heterocycles. The normalized spacial score (nSPS) is 14.8. The number of hydrogen-bond donors (Lipinski definition) is 0. The van der Waals surface area contributed by atoms with Crippen molar-refractivity contribution in [3.63, 3.8) is 0 Å². The van der Waals surface area contributed by atoms with Crippen LogP contribution in [0, 0.1) is 0 Å². The number of benzene rings is 3. The van der Waals surface area contributed by atoms with Crippen molar-refractivity contribution in [1.29, 1.82) is 0 Å². The minimum absolute atomic E-state index is 0.0492. The summed E-state index contributed by atoms with van der Waals surface area (Å²) in [6.45, 7) is 13.4. The average Bonchev–Trinajstić information content (AvgIpc) is 3.14. The highest BCUT2D eigenvalue weighted by Crippen LogP contribution is 2.38. The molecule has 0 saturated carbocycles. The Hall–Kier alpha value is -2.61. The molecule has 5 heteroatoms. The lowest BCUT2D eigenvalue weighted by atomic mass is 9.95. The summed E-state index contributed by atoms with van der Waals surface area (Å²) in [5.41, 5.74) is 6.54. The van der Waals surface area contributed by atoms with Gasteiger partial charge in [-0.3, -0.25) is 4.79 Å². The molecule has 1 unspecified atom stereocenters. The maximum absolute atomic E-state index is 12.9. The van der Waals surface area contributed by atoms with Gasteiger partial charge in [0.05, 0.1) is 7.59 Å². The predicted octanol–water partition coefficient (Wildman–Crippen LogP) is 6.63. The van der Waals surface area contributed by atoms with Crippen LogP contribution in [0.3, 0.4) is 0 Å². The van der Waals surface area contributed by atoms with Crippen LogP contribution in [0.4, 0.5) is 0 Å². The van der Waals surface area contributed by atoms with E-state index in [0.717, 1.165) is 23.8 Å². The van der Waals surface area contributed by atoms with Gasteiger partial charge in [0, 0.05) is 17.5 Å². The molecule has 1 aliphatic rings. The molecule has 0 fully saturated rings. The van der Waals surface area contributed by atoms with Crippen molar-refractivity contribution in [1.82, 2.24) is 0 Å². The molecular formula is C29H34O3Si2. The van der Waals surface area contributed by atoms with E-state index in [-0.39, 0.29) is 5.78 Å². The van der Waals surface area contributed by atoms with Gasteiger partial charge in [0.1, 0.15) is 5.60 Å². The van der Waals surface area contributed by atoms with Gasteiger partial charge < -0.3 is 9.22 Å². The third kappa shape index (κ3) is 4.78. The van der Waals surface area contributed by atoms with Crippen molar-refractivity contribution in [2.24, 2.45) is 0 Å². The van der Waals surface area contributed by atoms with Crippen molar-refractivity contribution in [2.75, 3.05) is 0 Å². The van der Waals surface area contributed by atoms with Crippen LogP contribution in [0.5, 0.6) is 0 Å². The van der Waals surface area contributed by atoms with E-state index in [4.69, 9.17) is 4.43 Å². The number of ketones is 1. The van der Waals surface area contributed by atoms with Crippen LogP contribution in [0.2, 0.25) is 32.7 Å². The number of hydrogen-bond acceptors (Lipinski definition) is 3. The molecule has 1 atom stereocenters. The summed E-state index contributed by atoms with van der Waals surface area (Å²) in [6, 6.07) is 21.9. The monoisotopic (exact) mass is 486 g/mol. The molecule has 3 aromatic rings. The molecule has 0 radical (unpaired) electrons. The highest BCUT2D eigenvalue weighted by Gasteiger charge is 2.44. The van der Waals surface area contributed by atoms with E-state index in [1.807, 2.05) is 49.4 Å².